The molecule has 0 aliphatic carbocycles. The molecule has 3 N–H and O–H groups in total. The maximum atomic E-state index is 7.33. The number of anilines is 1. The molecule has 0 saturated heterocycles. The molecule has 1 aromatic heterocycles. The Kier molecular flexibility index (Phi) is 6.86. The van der Waals surface area contributed by atoms with Crippen molar-refractivity contribution in [3.63, 3.8) is 0 Å². The lowest BCUT2D eigenvalue weighted by Crippen LogP contribution is -2.33. The highest BCUT2D eigenvalue weighted by Crippen LogP contribution is 2.11. The molecule has 1 heterocycles. The number of hydrogen-bond donors (Lipinski definition) is 2. The van der Waals surface area contributed by atoms with E-state index in [0.717, 1.165) is 24.2 Å². The fourth-order valence-electron chi connectivity index (χ4n) is 1.83. The first-order chi connectivity index (χ1) is 9.62. The van der Waals surface area contributed by atoms with Gasteiger partial charge in [0.05, 0.1) is 23.8 Å². The normalized spacial score (nSPS) is 10.6. The maximum absolute atomic E-state index is 7.33. The van der Waals surface area contributed by atoms with Crippen molar-refractivity contribution in [1.82, 2.24) is 15.2 Å². The predicted molar refractivity (Wildman–Crippen MR) is 79.2 cm³/mol. The van der Waals surface area contributed by atoms with Crippen molar-refractivity contribution in [2.75, 3.05) is 31.7 Å². The van der Waals surface area contributed by atoms with E-state index < -0.39 is 0 Å². The van der Waals surface area contributed by atoms with Crippen molar-refractivity contribution in [3.05, 3.63) is 11.4 Å². The topological polar surface area (TPSA) is 101 Å². The van der Waals surface area contributed by atoms with Crippen molar-refractivity contribution >= 4 is 11.8 Å². The van der Waals surface area contributed by atoms with Gasteiger partial charge in [-0.3, -0.25) is 5.41 Å². The molecule has 0 saturated carbocycles. The van der Waals surface area contributed by atoms with E-state index >= 15 is 0 Å². The molecular formula is C13H24N6O. The number of nitrogens with one attached hydrogen (secondary N) is 1. The van der Waals surface area contributed by atoms with Crippen LogP contribution in [-0.4, -0.2) is 47.8 Å². The first kappa shape index (κ1) is 16.3. The van der Waals surface area contributed by atoms with Gasteiger partial charge in [0.2, 0.25) is 5.95 Å². The Labute approximate surface area is 120 Å². The van der Waals surface area contributed by atoms with Crippen LogP contribution in [0.15, 0.2) is 0 Å². The zero-order valence-corrected chi connectivity index (χ0v) is 12.5. The lowest BCUT2D eigenvalue weighted by atomic mass is 10.2. The predicted octanol–water partition coefficient (Wildman–Crippen LogP) is 0.775. The largest absolute Gasteiger partial charge is 0.388 e. The summed E-state index contributed by atoms with van der Waals surface area (Å²) in [5, 5.41) is 15.8. The minimum atomic E-state index is 0.154. The van der Waals surface area contributed by atoms with E-state index in [0.29, 0.717) is 32.1 Å². The van der Waals surface area contributed by atoms with Gasteiger partial charge < -0.3 is 15.4 Å². The molecule has 112 valence electrons. The van der Waals surface area contributed by atoms with Crippen LogP contribution in [-0.2, 0) is 17.6 Å². The van der Waals surface area contributed by atoms with Crippen molar-refractivity contribution in [2.45, 2.75) is 33.1 Å². The Morgan fingerprint density at radius 1 is 1.20 bits per heavy atom. The van der Waals surface area contributed by atoms with Gasteiger partial charge in [-0.1, -0.05) is 13.8 Å². The van der Waals surface area contributed by atoms with Gasteiger partial charge in [-0.25, -0.2) is 4.98 Å². The van der Waals surface area contributed by atoms with Crippen LogP contribution in [0.25, 0.3) is 0 Å². The Balaban J connectivity index is 2.90. The van der Waals surface area contributed by atoms with Gasteiger partial charge in [-0.05, 0) is 12.8 Å². The van der Waals surface area contributed by atoms with Crippen molar-refractivity contribution < 1.29 is 4.74 Å². The Morgan fingerprint density at radius 3 is 2.45 bits per heavy atom. The molecule has 0 aromatic carbocycles. The molecule has 7 heteroatoms. The Morgan fingerprint density at radius 2 is 1.90 bits per heavy atom. The van der Waals surface area contributed by atoms with E-state index in [1.54, 1.807) is 7.11 Å². The molecule has 20 heavy (non-hydrogen) atoms. The zero-order valence-electron chi connectivity index (χ0n) is 12.5. The minimum absolute atomic E-state index is 0.154. The lowest BCUT2D eigenvalue weighted by Gasteiger charge is -2.22. The first-order valence-corrected chi connectivity index (χ1v) is 6.91. The summed E-state index contributed by atoms with van der Waals surface area (Å²) in [6.07, 6.45) is 2.13. The molecule has 7 nitrogen and oxygen atoms in total. The van der Waals surface area contributed by atoms with Crippen LogP contribution in [0.5, 0.6) is 0 Å². The fraction of sp³-hybridized carbons (Fsp3) is 0.692. The van der Waals surface area contributed by atoms with E-state index in [2.05, 4.69) is 22.1 Å². The average molecular weight is 280 g/mol. The molecule has 0 aliphatic heterocycles. The van der Waals surface area contributed by atoms with Gasteiger partial charge in [-0.15, -0.1) is 5.10 Å². The molecule has 0 amide bonds. The van der Waals surface area contributed by atoms with Crippen LogP contribution < -0.4 is 10.6 Å². The molecule has 0 radical (unpaired) electrons. The summed E-state index contributed by atoms with van der Waals surface area (Å²) in [6.45, 7) is 5.92. The molecule has 1 aromatic rings. The van der Waals surface area contributed by atoms with E-state index in [9.17, 15) is 0 Å². The highest BCUT2D eigenvalue weighted by Gasteiger charge is 2.13. The van der Waals surface area contributed by atoms with Crippen LogP contribution in [0.2, 0.25) is 0 Å². The molecular weight excluding hydrogens is 256 g/mol. The molecule has 0 spiro atoms. The molecule has 1 rings (SSSR count). The number of nitrogens with two attached hydrogens (primary N) is 1. The third-order valence-electron chi connectivity index (χ3n) is 3.00. The Bertz CT molecular complexity index is 437. The molecule has 0 atom stereocenters. The van der Waals surface area contributed by atoms with E-state index in [4.69, 9.17) is 15.9 Å². The minimum Gasteiger partial charge on any atom is -0.388 e. The van der Waals surface area contributed by atoms with Gasteiger partial charge in [0.25, 0.3) is 0 Å². The molecule has 0 aliphatic rings. The number of amidine groups is 1. The zero-order chi connectivity index (χ0) is 15.0. The summed E-state index contributed by atoms with van der Waals surface area (Å²) in [6, 6.07) is 0. The van der Waals surface area contributed by atoms with Crippen LogP contribution in [0.4, 0.5) is 5.95 Å². The van der Waals surface area contributed by atoms with Gasteiger partial charge in [0.15, 0.2) is 0 Å². The second kappa shape index (κ2) is 8.42. The fourth-order valence-corrected chi connectivity index (χ4v) is 1.83. The highest BCUT2D eigenvalue weighted by atomic mass is 16.5. The van der Waals surface area contributed by atoms with Crippen LogP contribution in [0, 0.1) is 5.41 Å². The monoisotopic (exact) mass is 280 g/mol. The third kappa shape index (κ3) is 4.73. The van der Waals surface area contributed by atoms with Crippen LogP contribution in [0.3, 0.4) is 0 Å². The smallest absolute Gasteiger partial charge is 0.245 e. The summed E-state index contributed by atoms with van der Waals surface area (Å²) in [5.41, 5.74) is 7.33. The summed E-state index contributed by atoms with van der Waals surface area (Å²) >= 11 is 0. The second-order valence-corrected chi connectivity index (χ2v) is 4.47. The Hall–Kier alpha value is -1.76. The summed E-state index contributed by atoms with van der Waals surface area (Å²) in [4.78, 5) is 6.53. The quantitative estimate of drug-likeness (QED) is 0.512. The van der Waals surface area contributed by atoms with Crippen LogP contribution >= 0.6 is 0 Å². The number of hydrogen-bond acceptors (Lipinski definition) is 6. The highest BCUT2D eigenvalue weighted by molar-refractivity contribution is 5.77. The van der Waals surface area contributed by atoms with E-state index in [1.165, 1.54) is 0 Å². The van der Waals surface area contributed by atoms with Gasteiger partial charge in [-0.2, -0.15) is 5.10 Å². The van der Waals surface area contributed by atoms with Crippen molar-refractivity contribution in [1.29, 1.82) is 5.41 Å². The standard InChI is InChI=1S/C13H24N6O/c1-4-10-11(5-2)17-18-13(16-10)19(8-9-20-3)7-6-12(14)15/h4-9H2,1-3H3,(H3,14,15). The number of rotatable bonds is 9. The number of aromatic nitrogens is 3. The number of ether oxygens (including phenoxy) is 1. The lowest BCUT2D eigenvalue weighted by molar-refractivity contribution is 0.205. The molecule has 0 fully saturated rings. The summed E-state index contributed by atoms with van der Waals surface area (Å²) in [5.74, 6) is 0.735. The number of nitrogens with zero attached hydrogens (tertiary/aromatic N) is 4. The van der Waals surface area contributed by atoms with Gasteiger partial charge >= 0.3 is 0 Å². The van der Waals surface area contributed by atoms with Crippen LogP contribution in [0.1, 0.15) is 31.7 Å². The van der Waals surface area contributed by atoms with Gasteiger partial charge in [0, 0.05) is 26.6 Å². The second-order valence-electron chi connectivity index (χ2n) is 4.47. The molecule has 0 unspecified atom stereocenters. The average Bonchev–Trinajstić information content (AvgIpc) is 2.46. The van der Waals surface area contributed by atoms with E-state index in [1.807, 2.05) is 11.8 Å². The third-order valence-corrected chi connectivity index (χ3v) is 3.00. The summed E-state index contributed by atoms with van der Waals surface area (Å²) in [7, 11) is 1.65. The van der Waals surface area contributed by atoms with Crippen molar-refractivity contribution in [2.24, 2.45) is 5.73 Å². The van der Waals surface area contributed by atoms with Crippen molar-refractivity contribution in [3.8, 4) is 0 Å². The maximum Gasteiger partial charge on any atom is 0.245 e. The number of aryl methyl sites for hydroxylation is 2. The van der Waals surface area contributed by atoms with E-state index in [-0.39, 0.29) is 5.84 Å². The van der Waals surface area contributed by atoms with Gasteiger partial charge in [0.1, 0.15) is 0 Å². The number of methoxy groups -OCH3 is 1. The summed E-state index contributed by atoms with van der Waals surface area (Å²) < 4.78 is 5.10. The first-order valence-electron chi connectivity index (χ1n) is 6.91. The molecule has 0 bridgehead atoms. The SMILES string of the molecule is CCc1nnc(N(CCOC)CCC(=N)N)nc1CC.